The van der Waals surface area contributed by atoms with Crippen molar-refractivity contribution in [3.63, 3.8) is 0 Å². The van der Waals surface area contributed by atoms with E-state index >= 15 is 0 Å². The molecule has 5 nitrogen and oxygen atoms in total. The van der Waals surface area contributed by atoms with Crippen LogP contribution in [0.2, 0.25) is 0 Å². The summed E-state index contributed by atoms with van der Waals surface area (Å²) in [6, 6.07) is 0.178. The molecule has 0 bridgehead atoms. The predicted octanol–water partition coefficient (Wildman–Crippen LogP) is 1.95. The number of hydrogen-bond donors (Lipinski definition) is 2. The van der Waals surface area contributed by atoms with E-state index in [1.165, 1.54) is 12.8 Å². The van der Waals surface area contributed by atoms with Crippen molar-refractivity contribution in [3.8, 4) is 0 Å². The van der Waals surface area contributed by atoms with E-state index in [4.69, 9.17) is 5.11 Å². The first-order valence-electron chi connectivity index (χ1n) is 8.25. The Morgan fingerprint density at radius 2 is 2.18 bits per heavy atom. The Hall–Kier alpha value is -1.14. The van der Waals surface area contributed by atoms with Gasteiger partial charge in [-0.05, 0) is 44.9 Å². The Bertz CT molecular complexity index is 507. The van der Waals surface area contributed by atoms with Gasteiger partial charge >= 0.3 is 0 Å². The number of nitrogens with zero attached hydrogens (tertiary/aromatic N) is 2. The maximum absolute atomic E-state index is 12.4. The topological polar surface area (TPSA) is 65.5 Å². The lowest BCUT2D eigenvalue weighted by Gasteiger charge is -2.32. The highest BCUT2D eigenvalue weighted by molar-refractivity contribution is 7.13. The molecule has 22 heavy (non-hydrogen) atoms. The molecule has 122 valence electrons. The van der Waals surface area contributed by atoms with Crippen LogP contribution in [0.4, 0.5) is 5.13 Å². The number of anilines is 1. The minimum atomic E-state index is 0.109. The Morgan fingerprint density at radius 3 is 2.73 bits per heavy atom. The fraction of sp³-hybridized carbons (Fsp3) is 0.750. The summed E-state index contributed by atoms with van der Waals surface area (Å²) in [6.45, 7) is 3.97. The van der Waals surface area contributed by atoms with Gasteiger partial charge in [0.2, 0.25) is 5.91 Å². The molecule has 1 aliphatic heterocycles. The summed E-state index contributed by atoms with van der Waals surface area (Å²) in [4.78, 5) is 19.2. The number of amides is 1. The van der Waals surface area contributed by atoms with Gasteiger partial charge < -0.3 is 15.3 Å². The van der Waals surface area contributed by atoms with Crippen molar-refractivity contribution < 1.29 is 9.90 Å². The summed E-state index contributed by atoms with van der Waals surface area (Å²) >= 11 is 1.68. The fourth-order valence-electron chi connectivity index (χ4n) is 3.18. The molecule has 0 spiro atoms. The summed E-state index contributed by atoms with van der Waals surface area (Å²) in [7, 11) is 0. The molecule has 6 heteroatoms. The highest BCUT2D eigenvalue weighted by Gasteiger charge is 2.34. The third kappa shape index (κ3) is 3.79. The largest absolute Gasteiger partial charge is 0.396 e. The van der Waals surface area contributed by atoms with Gasteiger partial charge in [-0.3, -0.25) is 4.79 Å². The molecule has 1 atom stereocenters. The molecular weight excluding hydrogens is 298 g/mol. The van der Waals surface area contributed by atoms with Crippen molar-refractivity contribution in [2.24, 2.45) is 11.8 Å². The van der Waals surface area contributed by atoms with E-state index in [9.17, 15) is 4.79 Å². The zero-order valence-electron chi connectivity index (χ0n) is 13.1. The van der Waals surface area contributed by atoms with Crippen LogP contribution in [0.15, 0.2) is 5.38 Å². The first-order chi connectivity index (χ1) is 10.7. The van der Waals surface area contributed by atoms with Crippen molar-refractivity contribution in [1.29, 1.82) is 0 Å². The standard InChI is InChI=1S/C16H25N3O2S/c1-11-10-22-16(17-11)19-7-4-13(5-8-19)15(21)18-14(6-9-20)12-2-3-12/h10,12-14,20H,2-9H2,1H3,(H,18,21). The molecular formula is C16H25N3O2S. The molecule has 0 radical (unpaired) electrons. The van der Waals surface area contributed by atoms with Crippen LogP contribution in [-0.4, -0.2) is 41.7 Å². The van der Waals surface area contributed by atoms with Crippen LogP contribution in [0.1, 0.15) is 37.8 Å². The lowest BCUT2D eigenvalue weighted by atomic mass is 9.95. The number of aryl methyl sites for hydroxylation is 1. The zero-order chi connectivity index (χ0) is 15.5. The van der Waals surface area contributed by atoms with Crippen molar-refractivity contribution in [2.75, 3.05) is 24.6 Å². The van der Waals surface area contributed by atoms with Crippen LogP contribution < -0.4 is 10.2 Å². The summed E-state index contributed by atoms with van der Waals surface area (Å²) in [5.74, 6) is 0.882. The molecule has 2 N–H and O–H groups in total. The molecule has 1 amide bonds. The molecule has 0 aromatic carbocycles. The monoisotopic (exact) mass is 323 g/mol. The number of thiazole rings is 1. The van der Waals surface area contributed by atoms with Crippen LogP contribution >= 0.6 is 11.3 Å². The normalized spacial score (nSPS) is 20.9. The van der Waals surface area contributed by atoms with Crippen LogP contribution in [0.3, 0.4) is 0 Å². The van der Waals surface area contributed by atoms with E-state index in [2.05, 4.69) is 20.6 Å². The third-order valence-corrected chi connectivity index (χ3v) is 5.72. The Balaban J connectivity index is 1.49. The molecule has 1 aliphatic carbocycles. The predicted molar refractivity (Wildman–Crippen MR) is 88.1 cm³/mol. The summed E-state index contributed by atoms with van der Waals surface area (Å²) in [6.07, 6.45) is 4.84. The Morgan fingerprint density at radius 1 is 1.45 bits per heavy atom. The van der Waals surface area contributed by atoms with Crippen LogP contribution in [0, 0.1) is 18.8 Å². The number of hydrogen-bond acceptors (Lipinski definition) is 5. The van der Waals surface area contributed by atoms with Gasteiger partial charge in [-0.2, -0.15) is 0 Å². The van der Waals surface area contributed by atoms with E-state index < -0.39 is 0 Å². The minimum Gasteiger partial charge on any atom is -0.396 e. The van der Waals surface area contributed by atoms with Crippen LogP contribution in [-0.2, 0) is 4.79 Å². The van der Waals surface area contributed by atoms with Gasteiger partial charge in [0.1, 0.15) is 0 Å². The van der Waals surface area contributed by atoms with Crippen molar-refractivity contribution in [1.82, 2.24) is 10.3 Å². The molecule has 3 rings (SSSR count). The molecule has 1 aromatic rings. The number of rotatable bonds is 6. The molecule has 2 heterocycles. The molecule has 2 aliphatic rings. The number of carbonyl (C=O) groups excluding carboxylic acids is 1. The Kier molecular flexibility index (Phi) is 4.98. The molecule has 1 saturated carbocycles. The second kappa shape index (κ2) is 6.96. The molecule has 1 aromatic heterocycles. The second-order valence-corrected chi connectivity index (χ2v) is 7.33. The van der Waals surface area contributed by atoms with E-state index in [-0.39, 0.29) is 24.5 Å². The van der Waals surface area contributed by atoms with E-state index in [0.717, 1.165) is 36.8 Å². The Labute approximate surface area is 135 Å². The quantitative estimate of drug-likeness (QED) is 0.840. The smallest absolute Gasteiger partial charge is 0.223 e. The summed E-state index contributed by atoms with van der Waals surface area (Å²) in [5.41, 5.74) is 1.07. The van der Waals surface area contributed by atoms with Crippen LogP contribution in [0.5, 0.6) is 0 Å². The average molecular weight is 323 g/mol. The summed E-state index contributed by atoms with van der Waals surface area (Å²) in [5, 5.41) is 15.5. The minimum absolute atomic E-state index is 0.109. The van der Waals surface area contributed by atoms with Crippen molar-refractivity contribution >= 4 is 22.4 Å². The van der Waals surface area contributed by atoms with Crippen molar-refractivity contribution in [3.05, 3.63) is 11.1 Å². The number of aromatic nitrogens is 1. The summed E-state index contributed by atoms with van der Waals surface area (Å²) < 4.78 is 0. The number of aliphatic hydroxyl groups is 1. The van der Waals surface area contributed by atoms with Gasteiger partial charge in [0.15, 0.2) is 5.13 Å². The highest BCUT2D eigenvalue weighted by Crippen LogP contribution is 2.34. The number of piperidine rings is 1. The fourth-order valence-corrected chi connectivity index (χ4v) is 4.04. The van der Waals surface area contributed by atoms with Gasteiger partial charge in [0, 0.05) is 37.0 Å². The van der Waals surface area contributed by atoms with Gasteiger partial charge in [-0.1, -0.05) is 0 Å². The van der Waals surface area contributed by atoms with E-state index in [0.29, 0.717) is 12.3 Å². The van der Waals surface area contributed by atoms with Gasteiger partial charge in [-0.25, -0.2) is 4.98 Å². The lowest BCUT2D eigenvalue weighted by molar-refractivity contribution is -0.126. The third-order valence-electron chi connectivity index (χ3n) is 4.70. The molecule has 1 unspecified atom stereocenters. The molecule has 1 saturated heterocycles. The maximum Gasteiger partial charge on any atom is 0.223 e. The van der Waals surface area contributed by atoms with Crippen molar-refractivity contribution in [2.45, 2.75) is 45.1 Å². The lowest BCUT2D eigenvalue weighted by Crippen LogP contribution is -2.45. The number of carbonyl (C=O) groups is 1. The highest BCUT2D eigenvalue weighted by atomic mass is 32.1. The number of nitrogens with one attached hydrogen (secondary N) is 1. The van der Waals surface area contributed by atoms with Gasteiger partial charge in [0.25, 0.3) is 0 Å². The van der Waals surface area contributed by atoms with Gasteiger partial charge in [-0.15, -0.1) is 11.3 Å². The van der Waals surface area contributed by atoms with Gasteiger partial charge in [0.05, 0.1) is 5.69 Å². The second-order valence-electron chi connectivity index (χ2n) is 6.50. The molecule has 2 fully saturated rings. The maximum atomic E-state index is 12.4. The van der Waals surface area contributed by atoms with Crippen LogP contribution in [0.25, 0.3) is 0 Å². The van der Waals surface area contributed by atoms with E-state index in [1.54, 1.807) is 11.3 Å². The zero-order valence-corrected chi connectivity index (χ0v) is 13.9. The average Bonchev–Trinajstić information content (AvgIpc) is 3.28. The first-order valence-corrected chi connectivity index (χ1v) is 9.13. The SMILES string of the molecule is Cc1csc(N2CCC(C(=O)NC(CCO)C3CC3)CC2)n1. The number of aliphatic hydroxyl groups excluding tert-OH is 1. The first kappa shape index (κ1) is 15.7. The van der Waals surface area contributed by atoms with E-state index in [1.807, 2.05) is 6.92 Å².